The first-order valence-corrected chi connectivity index (χ1v) is 13.6. The van der Waals surface area contributed by atoms with Gasteiger partial charge in [0.2, 0.25) is 10.0 Å². The van der Waals surface area contributed by atoms with Crippen molar-refractivity contribution in [1.82, 2.24) is 19.0 Å². The van der Waals surface area contributed by atoms with E-state index in [1.807, 2.05) is 36.4 Å². The summed E-state index contributed by atoms with van der Waals surface area (Å²) in [5.41, 5.74) is 2.58. The van der Waals surface area contributed by atoms with Gasteiger partial charge in [-0.05, 0) is 42.8 Å². The van der Waals surface area contributed by atoms with E-state index in [1.54, 1.807) is 42.1 Å². The van der Waals surface area contributed by atoms with Gasteiger partial charge >= 0.3 is 0 Å². The molecule has 0 aliphatic carbocycles. The predicted octanol–water partition coefficient (Wildman–Crippen LogP) is 2.78. The number of nitrogens with zero attached hydrogens (tertiary/aromatic N) is 5. The molecular weight excluding hydrogens is 518 g/mol. The van der Waals surface area contributed by atoms with Crippen molar-refractivity contribution < 1.29 is 22.7 Å². The van der Waals surface area contributed by atoms with Crippen molar-refractivity contribution in [2.75, 3.05) is 33.4 Å². The van der Waals surface area contributed by atoms with E-state index in [9.17, 15) is 23.3 Å². The topological polar surface area (TPSA) is 126 Å². The summed E-state index contributed by atoms with van der Waals surface area (Å²) in [5.74, 6) is -1.20. The monoisotopic (exact) mass is 543 g/mol. The molecule has 0 bridgehead atoms. The van der Waals surface area contributed by atoms with Gasteiger partial charge in [-0.25, -0.2) is 13.1 Å². The average Bonchev–Trinajstić information content (AvgIpc) is 3.39. The summed E-state index contributed by atoms with van der Waals surface area (Å²) >= 11 is 0. The number of rotatable bonds is 5. The Morgan fingerprint density at radius 2 is 1.74 bits per heavy atom. The van der Waals surface area contributed by atoms with Crippen LogP contribution in [0, 0.1) is 11.3 Å². The van der Waals surface area contributed by atoms with E-state index in [0.29, 0.717) is 30.0 Å². The molecule has 0 unspecified atom stereocenters. The molecule has 1 aromatic heterocycles. The molecule has 1 saturated heterocycles. The number of amides is 2. The lowest BCUT2D eigenvalue weighted by Crippen LogP contribution is -2.40. The minimum atomic E-state index is -3.76. The summed E-state index contributed by atoms with van der Waals surface area (Å²) < 4.78 is 35.0. The van der Waals surface area contributed by atoms with E-state index < -0.39 is 21.8 Å². The summed E-state index contributed by atoms with van der Waals surface area (Å²) in [5, 5.41) is 14.3. The number of para-hydroxylation sites is 1. The molecule has 0 saturated carbocycles. The van der Waals surface area contributed by atoms with Crippen molar-refractivity contribution in [1.29, 1.82) is 5.26 Å². The molecule has 11 heteroatoms. The number of sulfonamides is 1. The van der Waals surface area contributed by atoms with Gasteiger partial charge in [0, 0.05) is 43.0 Å². The maximum absolute atomic E-state index is 13.3. The van der Waals surface area contributed by atoms with Crippen LogP contribution >= 0.6 is 0 Å². The van der Waals surface area contributed by atoms with Crippen LogP contribution < -0.4 is 0 Å². The highest BCUT2D eigenvalue weighted by Gasteiger charge is 2.33. The number of hydrogen-bond acceptors (Lipinski definition) is 7. The summed E-state index contributed by atoms with van der Waals surface area (Å²) in [7, 11) is -2.43. The van der Waals surface area contributed by atoms with Gasteiger partial charge in [0.15, 0.2) is 0 Å². The first kappa shape index (κ1) is 26.2. The summed E-state index contributed by atoms with van der Waals surface area (Å²) in [4.78, 5) is 26.5. The van der Waals surface area contributed by atoms with Crippen molar-refractivity contribution in [3.05, 3.63) is 83.1 Å². The number of ether oxygens (including phenoxy) is 1. The van der Waals surface area contributed by atoms with Crippen LogP contribution in [-0.2, 0) is 24.3 Å². The van der Waals surface area contributed by atoms with Gasteiger partial charge in [-0.15, -0.1) is 0 Å². The van der Waals surface area contributed by atoms with Crippen LogP contribution in [-0.4, -0.2) is 72.6 Å². The normalized spacial score (nSPS) is 18.1. The third-order valence-electron chi connectivity index (χ3n) is 6.72. The number of likely N-dealkylation sites (N-methyl/N-ethyl adjacent to an activating group) is 1. The van der Waals surface area contributed by atoms with Crippen molar-refractivity contribution in [3.63, 3.8) is 0 Å². The molecule has 10 nitrogen and oxygen atoms in total. The summed E-state index contributed by atoms with van der Waals surface area (Å²) in [6.45, 7) is 2.77. The molecule has 3 aromatic rings. The Bertz CT molecular complexity index is 1680. The Hall–Kier alpha value is -4.37. The number of carbonyl (C=O) groups excluding carboxylic acids is 2. The Morgan fingerprint density at radius 3 is 2.44 bits per heavy atom. The minimum Gasteiger partial charge on any atom is -0.379 e. The number of hydrogen-bond donors (Lipinski definition) is 0. The largest absolute Gasteiger partial charge is 0.379 e. The Labute approximate surface area is 226 Å². The highest BCUT2D eigenvalue weighted by Crippen LogP contribution is 2.32. The minimum absolute atomic E-state index is 0.112. The summed E-state index contributed by atoms with van der Waals surface area (Å²) in [6.07, 6.45) is 3.31. The zero-order valence-electron chi connectivity index (χ0n) is 21.4. The van der Waals surface area contributed by atoms with Crippen LogP contribution in [0.25, 0.3) is 23.0 Å². The molecule has 2 aliphatic heterocycles. The van der Waals surface area contributed by atoms with Crippen LogP contribution in [0.1, 0.15) is 12.5 Å². The second kappa shape index (κ2) is 10.4. The van der Waals surface area contributed by atoms with Crippen molar-refractivity contribution in [2.45, 2.75) is 11.8 Å². The van der Waals surface area contributed by atoms with Crippen LogP contribution in [0.3, 0.4) is 0 Å². The molecule has 0 spiro atoms. The molecule has 3 heterocycles. The quantitative estimate of drug-likeness (QED) is 0.358. The Morgan fingerprint density at radius 1 is 1.03 bits per heavy atom. The van der Waals surface area contributed by atoms with Crippen LogP contribution in [0.2, 0.25) is 0 Å². The first-order chi connectivity index (χ1) is 18.7. The number of imide groups is 1. The van der Waals surface area contributed by atoms with Gasteiger partial charge < -0.3 is 4.74 Å². The van der Waals surface area contributed by atoms with E-state index in [0.717, 1.165) is 10.6 Å². The molecule has 2 amide bonds. The summed E-state index contributed by atoms with van der Waals surface area (Å²) in [6, 6.07) is 17.7. The zero-order valence-corrected chi connectivity index (χ0v) is 22.2. The third kappa shape index (κ3) is 4.81. The van der Waals surface area contributed by atoms with Crippen LogP contribution in [0.15, 0.2) is 82.4 Å². The van der Waals surface area contributed by atoms with Crippen molar-refractivity contribution in [3.8, 4) is 23.0 Å². The Kier molecular flexibility index (Phi) is 7.01. The van der Waals surface area contributed by atoms with Crippen molar-refractivity contribution in [2.24, 2.45) is 0 Å². The molecule has 0 atom stereocenters. The number of benzene rings is 2. The molecule has 5 rings (SSSR count). The molecular formula is C28H25N5O5S. The molecule has 0 N–H and O–H groups in total. The van der Waals surface area contributed by atoms with Gasteiger partial charge in [-0.1, -0.05) is 30.3 Å². The molecule has 1 fully saturated rings. The van der Waals surface area contributed by atoms with E-state index >= 15 is 0 Å². The highest BCUT2D eigenvalue weighted by atomic mass is 32.2. The van der Waals surface area contributed by atoms with E-state index in [-0.39, 0.29) is 34.7 Å². The third-order valence-corrected chi connectivity index (χ3v) is 8.62. The molecule has 39 heavy (non-hydrogen) atoms. The van der Waals surface area contributed by atoms with Gasteiger partial charge in [0.05, 0.1) is 23.8 Å². The number of carbonyl (C=O) groups is 2. The zero-order chi connectivity index (χ0) is 27.7. The van der Waals surface area contributed by atoms with Crippen LogP contribution in [0.5, 0.6) is 0 Å². The van der Waals surface area contributed by atoms with Gasteiger partial charge in [0.1, 0.15) is 17.3 Å². The van der Waals surface area contributed by atoms with E-state index in [2.05, 4.69) is 0 Å². The maximum atomic E-state index is 13.3. The maximum Gasteiger partial charge on any atom is 0.271 e. The SMILES string of the molecule is CC1=C(C#N)C(=O)N(C)C(=O)/C1=C/c1cn(-c2ccccc2)nc1-c1cccc(S(=O)(=O)N2CCOCC2)c1. The lowest BCUT2D eigenvalue weighted by atomic mass is 9.93. The second-order valence-electron chi connectivity index (χ2n) is 9.10. The van der Waals surface area contributed by atoms with Crippen molar-refractivity contribution >= 4 is 27.9 Å². The standard InChI is InChI=1S/C28H25N5O5S/c1-19-24(27(34)31(2)28(35)25(19)17-29)16-21-18-33(22-8-4-3-5-9-22)30-26(21)20-7-6-10-23(15-20)39(36,37)32-11-13-38-14-12-32/h3-10,15-16,18H,11-14H2,1-2H3/b24-16+. The predicted molar refractivity (Wildman–Crippen MR) is 143 cm³/mol. The van der Waals surface area contributed by atoms with Gasteiger partial charge in [-0.3, -0.25) is 14.5 Å². The molecule has 198 valence electrons. The molecule has 2 aliphatic rings. The number of nitriles is 1. The fraction of sp³-hybridized carbons (Fsp3) is 0.214. The smallest absolute Gasteiger partial charge is 0.271 e. The van der Waals surface area contributed by atoms with E-state index in [4.69, 9.17) is 9.84 Å². The molecule has 2 aromatic carbocycles. The number of aromatic nitrogens is 2. The Balaban J connectivity index is 1.67. The lowest BCUT2D eigenvalue weighted by Gasteiger charge is -2.26. The van der Waals surface area contributed by atoms with E-state index in [1.165, 1.54) is 17.4 Å². The van der Waals surface area contributed by atoms with Gasteiger partial charge in [-0.2, -0.15) is 14.7 Å². The first-order valence-electron chi connectivity index (χ1n) is 12.2. The fourth-order valence-electron chi connectivity index (χ4n) is 4.52. The highest BCUT2D eigenvalue weighted by molar-refractivity contribution is 7.89. The van der Waals surface area contributed by atoms with Crippen LogP contribution in [0.4, 0.5) is 0 Å². The second-order valence-corrected chi connectivity index (χ2v) is 11.0. The fourth-order valence-corrected chi connectivity index (χ4v) is 5.98. The van der Waals surface area contributed by atoms with Gasteiger partial charge in [0.25, 0.3) is 11.8 Å². The average molecular weight is 544 g/mol. The molecule has 0 radical (unpaired) electrons. The lowest BCUT2D eigenvalue weighted by molar-refractivity contribution is -0.138. The number of morpholine rings is 1.